The summed E-state index contributed by atoms with van der Waals surface area (Å²) in [5.74, 6) is -0.942. The van der Waals surface area contributed by atoms with Crippen LogP contribution in [0.5, 0.6) is 0 Å². The molecule has 0 aliphatic carbocycles. The van der Waals surface area contributed by atoms with Crippen LogP contribution in [0.15, 0.2) is 66.7 Å². The maximum atomic E-state index is 13.8. The molecule has 2 fully saturated rings. The number of nitrogens with zero attached hydrogens (tertiary/aromatic N) is 4. The number of rotatable bonds is 9. The average molecular weight is 656 g/mol. The van der Waals surface area contributed by atoms with Crippen LogP contribution in [-0.2, 0) is 20.8 Å². The zero-order chi connectivity index (χ0) is 33.5. The van der Waals surface area contributed by atoms with E-state index < -0.39 is 18.0 Å². The fourth-order valence-electron chi connectivity index (χ4n) is 6.47. The Hall–Kier alpha value is -4.68. The minimum atomic E-state index is -0.821. The molecule has 0 radical (unpaired) electrons. The monoisotopic (exact) mass is 655 g/mol. The maximum Gasteiger partial charge on any atom is 0.245 e. The fraction of sp³-hybridized carbons (Fsp3) is 0.371. The van der Waals surface area contributed by atoms with Crippen molar-refractivity contribution in [1.29, 1.82) is 5.41 Å². The number of likely N-dealkylation sites (tertiary alicyclic amines) is 1. The smallest absolute Gasteiger partial charge is 0.245 e. The molecule has 0 bridgehead atoms. The van der Waals surface area contributed by atoms with E-state index in [1.165, 1.54) is 21.1 Å². The van der Waals surface area contributed by atoms with Crippen LogP contribution in [0.1, 0.15) is 34.6 Å². The van der Waals surface area contributed by atoms with Crippen molar-refractivity contribution in [3.8, 4) is 0 Å². The van der Waals surface area contributed by atoms with Gasteiger partial charge in [-0.1, -0.05) is 54.6 Å². The number of para-hydroxylation sites is 1. The minimum absolute atomic E-state index is 0.0944. The van der Waals surface area contributed by atoms with E-state index in [0.29, 0.717) is 11.4 Å². The van der Waals surface area contributed by atoms with Crippen LogP contribution in [0.2, 0.25) is 0 Å². The van der Waals surface area contributed by atoms with Crippen LogP contribution >= 0.6 is 11.3 Å². The Bertz CT molecular complexity index is 1740. The van der Waals surface area contributed by atoms with Crippen molar-refractivity contribution < 1.29 is 19.2 Å². The summed E-state index contributed by atoms with van der Waals surface area (Å²) >= 11 is 1.33. The molecule has 2 aliphatic heterocycles. The summed E-state index contributed by atoms with van der Waals surface area (Å²) in [6, 6.07) is 20.0. The standard InChI is InChI=1S/C34H37N5O4S.CH4N2/c1-37-15-7-8-23(19-37)17-27(32(42)33-36-26-11-5-6-12-29(26)44-33)35-30(40)20-39-28(34(43)38(2)21-31(39)41)18-22-13-14-24-9-3-4-10-25(24)16-22;2-1-3/h3-6,9-14,16,23,27-28H,7-8,15,17-21H2,1-2H3,(H,35,40);1H,(H3,2,3)/t23?,27-,28-;/m0./s1. The summed E-state index contributed by atoms with van der Waals surface area (Å²) in [5.41, 5.74) is 6.04. The van der Waals surface area contributed by atoms with Gasteiger partial charge in [-0.25, -0.2) is 4.98 Å². The van der Waals surface area contributed by atoms with E-state index >= 15 is 0 Å². The SMILES string of the molecule is CN1CCCC(C[C@H](NC(=O)CN2C(=O)CN(C)C(=O)[C@@H]2Cc2ccc3ccccc3c2)C(=O)c2nc3ccccc3s2)C1.N=CN. The maximum absolute atomic E-state index is 13.8. The molecule has 3 amide bonds. The lowest BCUT2D eigenvalue weighted by molar-refractivity contribution is -0.155. The highest BCUT2D eigenvalue weighted by Crippen LogP contribution is 2.26. The number of carbonyl (C=O) groups excluding carboxylic acids is 4. The lowest BCUT2D eigenvalue weighted by atomic mass is 9.90. The third-order valence-corrected chi connectivity index (χ3v) is 9.79. The number of piperidine rings is 1. The number of fused-ring (bicyclic) bond motifs is 2. The highest BCUT2D eigenvalue weighted by Gasteiger charge is 2.39. The van der Waals surface area contributed by atoms with Crippen molar-refractivity contribution in [3.63, 3.8) is 0 Å². The van der Waals surface area contributed by atoms with Crippen LogP contribution in [0, 0.1) is 11.3 Å². The predicted octanol–water partition coefficient (Wildman–Crippen LogP) is 3.31. The normalized spacial score (nSPS) is 19.3. The summed E-state index contributed by atoms with van der Waals surface area (Å²) in [6.45, 7) is 1.46. The van der Waals surface area contributed by atoms with Gasteiger partial charge in [0.1, 0.15) is 12.6 Å². The Labute approximate surface area is 278 Å². The molecule has 3 atom stereocenters. The number of piperazine rings is 1. The molecule has 2 saturated heterocycles. The molecule has 2 aliphatic rings. The van der Waals surface area contributed by atoms with Crippen LogP contribution in [0.25, 0.3) is 21.0 Å². The van der Waals surface area contributed by atoms with Gasteiger partial charge < -0.3 is 25.8 Å². The van der Waals surface area contributed by atoms with Gasteiger partial charge in [0.25, 0.3) is 0 Å². The molecule has 11 nitrogen and oxygen atoms in total. The molecule has 3 aromatic carbocycles. The third kappa shape index (κ3) is 8.19. The molecular formula is C35H41N7O4S. The highest BCUT2D eigenvalue weighted by molar-refractivity contribution is 7.20. The summed E-state index contributed by atoms with van der Waals surface area (Å²) in [7, 11) is 3.68. The zero-order valence-corrected chi connectivity index (χ0v) is 27.5. The molecular weight excluding hydrogens is 614 g/mol. The quantitative estimate of drug-likeness (QED) is 0.142. The van der Waals surface area contributed by atoms with Crippen molar-refractivity contribution >= 4 is 62.2 Å². The Morgan fingerprint density at radius 3 is 2.55 bits per heavy atom. The molecule has 0 spiro atoms. The van der Waals surface area contributed by atoms with Crippen LogP contribution < -0.4 is 11.1 Å². The number of Topliss-reactive ketones (excluding diaryl/α,β-unsaturated/α-hetero) is 1. The highest BCUT2D eigenvalue weighted by atomic mass is 32.1. The fourth-order valence-corrected chi connectivity index (χ4v) is 7.43. The number of nitrogens with one attached hydrogen (secondary N) is 2. The minimum Gasteiger partial charge on any atom is -0.390 e. The average Bonchev–Trinajstić information content (AvgIpc) is 3.49. The first-order valence-corrected chi connectivity index (χ1v) is 16.6. The molecule has 6 rings (SSSR count). The molecule has 0 saturated carbocycles. The lowest BCUT2D eigenvalue weighted by Gasteiger charge is -2.39. The van der Waals surface area contributed by atoms with Gasteiger partial charge in [-0.2, -0.15) is 0 Å². The van der Waals surface area contributed by atoms with Crippen LogP contribution in [-0.4, -0.2) is 102 Å². The van der Waals surface area contributed by atoms with Crippen molar-refractivity contribution in [3.05, 3.63) is 77.3 Å². The van der Waals surface area contributed by atoms with E-state index in [-0.39, 0.29) is 43.0 Å². The van der Waals surface area contributed by atoms with Crippen molar-refractivity contribution in [1.82, 2.24) is 25.0 Å². The predicted molar refractivity (Wildman–Crippen MR) is 184 cm³/mol. The van der Waals surface area contributed by atoms with Gasteiger partial charge in [0, 0.05) is 20.0 Å². The number of ketones is 1. The van der Waals surface area contributed by atoms with E-state index in [0.717, 1.165) is 58.8 Å². The zero-order valence-electron chi connectivity index (χ0n) is 26.7. The van der Waals surface area contributed by atoms with Gasteiger partial charge in [-0.05, 0) is 67.2 Å². The second kappa shape index (κ2) is 15.3. The van der Waals surface area contributed by atoms with Gasteiger partial charge in [0.15, 0.2) is 5.01 Å². The Morgan fingerprint density at radius 2 is 1.81 bits per heavy atom. The van der Waals surface area contributed by atoms with Gasteiger partial charge in [0.05, 0.1) is 29.1 Å². The first kappa shape index (κ1) is 33.7. The number of amides is 3. The van der Waals surface area contributed by atoms with E-state index in [4.69, 9.17) is 5.41 Å². The van der Waals surface area contributed by atoms with Crippen LogP contribution in [0.3, 0.4) is 0 Å². The van der Waals surface area contributed by atoms with E-state index in [9.17, 15) is 19.2 Å². The second-order valence-electron chi connectivity index (χ2n) is 12.3. The largest absolute Gasteiger partial charge is 0.390 e. The number of aromatic nitrogens is 1. The third-order valence-electron chi connectivity index (χ3n) is 8.73. The number of thiazole rings is 1. The summed E-state index contributed by atoms with van der Waals surface area (Å²) in [6.07, 6.45) is 3.53. The number of likely N-dealkylation sites (N-methyl/N-ethyl adjacent to an activating group) is 1. The number of nitrogens with two attached hydrogens (primary N) is 1. The molecule has 1 aromatic heterocycles. The van der Waals surface area contributed by atoms with Gasteiger partial charge in [-0.15, -0.1) is 11.3 Å². The summed E-state index contributed by atoms with van der Waals surface area (Å²) in [4.78, 5) is 63.7. The summed E-state index contributed by atoms with van der Waals surface area (Å²) in [5, 5.41) is 11.3. The summed E-state index contributed by atoms with van der Waals surface area (Å²) < 4.78 is 0.913. The first-order chi connectivity index (χ1) is 22.7. The number of hydrogen-bond acceptors (Lipinski definition) is 8. The molecule has 3 heterocycles. The van der Waals surface area contributed by atoms with Gasteiger partial charge in [0.2, 0.25) is 23.5 Å². The Balaban J connectivity index is 0.00000139. The topological polar surface area (TPSA) is 153 Å². The number of hydrogen-bond donors (Lipinski definition) is 3. The molecule has 1 unspecified atom stereocenters. The van der Waals surface area contributed by atoms with E-state index in [2.05, 4.69) is 28.0 Å². The first-order valence-electron chi connectivity index (χ1n) is 15.8. The van der Waals surface area contributed by atoms with E-state index in [1.54, 1.807) is 7.05 Å². The van der Waals surface area contributed by atoms with Gasteiger partial charge >= 0.3 is 0 Å². The lowest BCUT2D eigenvalue weighted by Crippen LogP contribution is -2.61. The van der Waals surface area contributed by atoms with E-state index in [1.807, 2.05) is 66.7 Å². The Kier molecular flexibility index (Phi) is 10.9. The Morgan fingerprint density at radius 1 is 1.09 bits per heavy atom. The van der Waals surface area contributed by atoms with Crippen molar-refractivity contribution in [2.75, 3.05) is 40.3 Å². The van der Waals surface area contributed by atoms with Crippen LogP contribution in [0.4, 0.5) is 0 Å². The molecule has 4 aromatic rings. The molecule has 12 heteroatoms. The van der Waals surface area contributed by atoms with Gasteiger partial charge in [-0.3, -0.25) is 24.6 Å². The molecule has 4 N–H and O–H groups in total. The second-order valence-corrected chi connectivity index (χ2v) is 13.3. The van der Waals surface area contributed by atoms with Crippen molar-refractivity contribution in [2.24, 2.45) is 11.7 Å². The molecule has 246 valence electrons. The van der Waals surface area contributed by atoms with Crippen molar-refractivity contribution in [2.45, 2.75) is 37.8 Å². The number of carbonyl (C=O) groups is 4. The number of benzene rings is 3. The molecule has 47 heavy (non-hydrogen) atoms.